The molecule has 2 rings (SSSR count). The van der Waals surface area contributed by atoms with Gasteiger partial charge in [-0.25, -0.2) is 0 Å². The highest BCUT2D eigenvalue weighted by atomic mass is 79.9. The Morgan fingerprint density at radius 3 is 2.82 bits per heavy atom. The largest absolute Gasteiger partial charge is 0.379 e. The summed E-state index contributed by atoms with van der Waals surface area (Å²) in [6.45, 7) is 2.84. The number of aryl methyl sites for hydroxylation is 1. The van der Waals surface area contributed by atoms with Gasteiger partial charge in [0.1, 0.15) is 6.07 Å². The molecule has 0 aliphatic carbocycles. The third-order valence-corrected chi connectivity index (χ3v) is 4.04. The fraction of sp³-hybridized carbons (Fsp3) is 0.154. The maximum atomic E-state index is 9.08. The van der Waals surface area contributed by atoms with Crippen molar-refractivity contribution in [3.05, 3.63) is 50.1 Å². The van der Waals surface area contributed by atoms with Crippen LogP contribution in [0.25, 0.3) is 0 Å². The smallest absolute Gasteiger partial charge is 0.103 e. The second-order valence-electron chi connectivity index (χ2n) is 3.64. The van der Waals surface area contributed by atoms with E-state index < -0.39 is 0 Å². The average molecular weight is 307 g/mol. The number of rotatable bonds is 3. The summed E-state index contributed by atoms with van der Waals surface area (Å²) in [7, 11) is 0. The molecule has 17 heavy (non-hydrogen) atoms. The molecule has 1 N–H and O–H groups in total. The number of benzene rings is 1. The van der Waals surface area contributed by atoms with E-state index in [2.05, 4.69) is 46.4 Å². The SMILES string of the molecule is Cc1ccc(CNc2cccc(Br)c2C#N)s1. The van der Waals surface area contributed by atoms with Crippen molar-refractivity contribution in [2.24, 2.45) is 0 Å². The van der Waals surface area contributed by atoms with Crippen LogP contribution in [0.1, 0.15) is 15.3 Å². The van der Waals surface area contributed by atoms with Gasteiger partial charge in [-0.15, -0.1) is 11.3 Å². The Bertz CT molecular complexity index is 569. The van der Waals surface area contributed by atoms with Gasteiger partial charge in [0.15, 0.2) is 0 Å². The van der Waals surface area contributed by atoms with E-state index in [1.807, 2.05) is 18.2 Å². The van der Waals surface area contributed by atoms with E-state index in [1.165, 1.54) is 9.75 Å². The highest BCUT2D eigenvalue weighted by Crippen LogP contribution is 2.25. The van der Waals surface area contributed by atoms with Crippen LogP contribution < -0.4 is 5.32 Å². The van der Waals surface area contributed by atoms with Crippen molar-refractivity contribution in [1.29, 1.82) is 5.26 Å². The second kappa shape index (κ2) is 5.35. The van der Waals surface area contributed by atoms with Crippen molar-refractivity contribution < 1.29 is 0 Å². The van der Waals surface area contributed by atoms with Crippen LogP contribution in [0.3, 0.4) is 0 Å². The van der Waals surface area contributed by atoms with Gasteiger partial charge < -0.3 is 5.32 Å². The fourth-order valence-electron chi connectivity index (χ4n) is 1.55. The maximum Gasteiger partial charge on any atom is 0.103 e. The van der Waals surface area contributed by atoms with Gasteiger partial charge in [-0.2, -0.15) is 5.26 Å². The molecule has 86 valence electrons. The minimum atomic E-state index is 0.653. The Hall–Kier alpha value is -1.31. The summed E-state index contributed by atoms with van der Waals surface area (Å²) < 4.78 is 0.826. The average Bonchev–Trinajstić information content (AvgIpc) is 2.72. The van der Waals surface area contributed by atoms with Crippen molar-refractivity contribution in [1.82, 2.24) is 0 Å². The van der Waals surface area contributed by atoms with E-state index >= 15 is 0 Å². The standard InChI is InChI=1S/C13H11BrN2S/c1-9-5-6-10(17-9)8-16-13-4-2-3-12(14)11(13)7-15/h2-6,16H,8H2,1H3. The Balaban J connectivity index is 2.14. The lowest BCUT2D eigenvalue weighted by Crippen LogP contribution is -1.99. The molecule has 0 amide bonds. The zero-order valence-corrected chi connectivity index (χ0v) is 11.7. The molecule has 2 nitrogen and oxygen atoms in total. The van der Waals surface area contributed by atoms with E-state index in [0.29, 0.717) is 5.56 Å². The molecule has 0 aliphatic rings. The predicted octanol–water partition coefficient (Wildman–Crippen LogP) is 4.30. The van der Waals surface area contributed by atoms with Crippen LogP contribution in [0.15, 0.2) is 34.8 Å². The molecule has 2 aromatic rings. The monoisotopic (exact) mass is 306 g/mol. The first kappa shape index (κ1) is 12.2. The number of hydrogen-bond donors (Lipinski definition) is 1. The quantitative estimate of drug-likeness (QED) is 0.917. The molecule has 0 bridgehead atoms. The van der Waals surface area contributed by atoms with Gasteiger partial charge in [-0.3, -0.25) is 0 Å². The van der Waals surface area contributed by atoms with Gasteiger partial charge in [-0.1, -0.05) is 6.07 Å². The van der Waals surface area contributed by atoms with E-state index in [1.54, 1.807) is 11.3 Å². The Kier molecular flexibility index (Phi) is 3.82. The number of nitrogens with zero attached hydrogens (tertiary/aromatic N) is 1. The number of halogens is 1. The van der Waals surface area contributed by atoms with Crippen molar-refractivity contribution in [3.8, 4) is 6.07 Å². The van der Waals surface area contributed by atoms with Crippen LogP contribution in [0.4, 0.5) is 5.69 Å². The number of nitrogens with one attached hydrogen (secondary N) is 1. The lowest BCUT2D eigenvalue weighted by molar-refractivity contribution is 1.19. The highest BCUT2D eigenvalue weighted by Gasteiger charge is 2.05. The predicted molar refractivity (Wildman–Crippen MR) is 75.2 cm³/mol. The maximum absolute atomic E-state index is 9.08. The molecule has 0 saturated carbocycles. The summed E-state index contributed by atoms with van der Waals surface area (Å²) in [6.07, 6.45) is 0. The van der Waals surface area contributed by atoms with Crippen LogP contribution in [0.2, 0.25) is 0 Å². The summed E-state index contributed by atoms with van der Waals surface area (Å²) in [4.78, 5) is 2.57. The minimum Gasteiger partial charge on any atom is -0.379 e. The van der Waals surface area contributed by atoms with Gasteiger partial charge in [-0.05, 0) is 47.1 Å². The Morgan fingerprint density at radius 2 is 2.18 bits per heavy atom. The third kappa shape index (κ3) is 2.87. The molecule has 0 atom stereocenters. The summed E-state index contributed by atoms with van der Waals surface area (Å²) in [5.41, 5.74) is 1.52. The lowest BCUT2D eigenvalue weighted by atomic mass is 10.2. The molecule has 0 spiro atoms. The Morgan fingerprint density at radius 1 is 1.35 bits per heavy atom. The molecule has 0 saturated heterocycles. The first-order valence-electron chi connectivity index (χ1n) is 5.18. The number of hydrogen-bond acceptors (Lipinski definition) is 3. The minimum absolute atomic E-state index is 0.653. The zero-order valence-electron chi connectivity index (χ0n) is 9.33. The summed E-state index contributed by atoms with van der Waals surface area (Å²) in [5, 5.41) is 12.4. The molecular weight excluding hydrogens is 296 g/mol. The van der Waals surface area contributed by atoms with Gasteiger partial charge in [0, 0.05) is 20.8 Å². The normalized spacial score (nSPS) is 9.94. The highest BCUT2D eigenvalue weighted by molar-refractivity contribution is 9.10. The molecule has 1 heterocycles. The third-order valence-electron chi connectivity index (χ3n) is 2.37. The fourth-order valence-corrected chi connectivity index (χ4v) is 2.83. The van der Waals surface area contributed by atoms with Crippen molar-refractivity contribution in [2.45, 2.75) is 13.5 Å². The molecule has 1 aromatic carbocycles. The molecular formula is C13H11BrN2S. The lowest BCUT2D eigenvalue weighted by Gasteiger charge is -2.07. The van der Waals surface area contributed by atoms with Gasteiger partial charge in [0.05, 0.1) is 11.3 Å². The topological polar surface area (TPSA) is 35.8 Å². The summed E-state index contributed by atoms with van der Waals surface area (Å²) in [6, 6.07) is 12.1. The van der Waals surface area contributed by atoms with Crippen LogP contribution in [-0.2, 0) is 6.54 Å². The molecule has 1 aromatic heterocycles. The van der Waals surface area contributed by atoms with Crippen LogP contribution in [0.5, 0.6) is 0 Å². The molecule has 0 radical (unpaired) electrons. The van der Waals surface area contributed by atoms with E-state index in [-0.39, 0.29) is 0 Å². The molecule has 4 heteroatoms. The van der Waals surface area contributed by atoms with E-state index in [0.717, 1.165) is 16.7 Å². The van der Waals surface area contributed by atoms with Crippen LogP contribution >= 0.6 is 27.3 Å². The van der Waals surface area contributed by atoms with Gasteiger partial charge >= 0.3 is 0 Å². The molecule has 0 unspecified atom stereocenters. The molecule has 0 aliphatic heterocycles. The second-order valence-corrected chi connectivity index (χ2v) is 5.87. The van der Waals surface area contributed by atoms with Crippen molar-refractivity contribution in [3.63, 3.8) is 0 Å². The number of anilines is 1. The van der Waals surface area contributed by atoms with Gasteiger partial charge in [0.2, 0.25) is 0 Å². The first-order chi connectivity index (χ1) is 8.20. The van der Waals surface area contributed by atoms with Crippen molar-refractivity contribution in [2.75, 3.05) is 5.32 Å². The summed E-state index contributed by atoms with van der Waals surface area (Å²) in [5.74, 6) is 0. The van der Waals surface area contributed by atoms with Crippen LogP contribution in [-0.4, -0.2) is 0 Å². The zero-order chi connectivity index (χ0) is 12.3. The van der Waals surface area contributed by atoms with Gasteiger partial charge in [0.25, 0.3) is 0 Å². The Labute approximate surface area is 113 Å². The number of nitriles is 1. The summed E-state index contributed by atoms with van der Waals surface area (Å²) >= 11 is 5.15. The first-order valence-corrected chi connectivity index (χ1v) is 6.79. The molecule has 0 fully saturated rings. The van der Waals surface area contributed by atoms with E-state index in [4.69, 9.17) is 5.26 Å². The number of thiophene rings is 1. The van der Waals surface area contributed by atoms with Crippen molar-refractivity contribution >= 4 is 33.0 Å². The van der Waals surface area contributed by atoms with E-state index in [9.17, 15) is 0 Å². The van der Waals surface area contributed by atoms with Crippen LogP contribution in [0, 0.1) is 18.3 Å².